The van der Waals surface area contributed by atoms with E-state index in [0.717, 1.165) is 19.4 Å². The summed E-state index contributed by atoms with van der Waals surface area (Å²) >= 11 is 0. The van der Waals surface area contributed by atoms with Crippen LogP contribution in [0.2, 0.25) is 0 Å². The van der Waals surface area contributed by atoms with Gasteiger partial charge in [-0.1, -0.05) is 0 Å². The molecule has 0 amide bonds. The zero-order valence-corrected chi connectivity index (χ0v) is 8.26. The fraction of sp³-hybridized carbons (Fsp3) is 0.889. The van der Waals surface area contributed by atoms with Gasteiger partial charge in [-0.2, -0.15) is 0 Å². The third-order valence-corrected chi connectivity index (χ3v) is 2.77. The molecule has 0 radical (unpaired) electrons. The van der Waals surface area contributed by atoms with Gasteiger partial charge in [0.25, 0.3) is 0 Å². The summed E-state index contributed by atoms with van der Waals surface area (Å²) in [6.45, 7) is 2.68. The molecule has 0 bridgehead atoms. The first kappa shape index (κ1) is 11.4. The minimum absolute atomic E-state index is 0.0715. The molecule has 3 N–H and O–H groups in total. The highest BCUT2D eigenvalue weighted by atomic mass is 16.4. The number of carboxylic acids is 1. The van der Waals surface area contributed by atoms with Gasteiger partial charge in [-0.3, -0.25) is 4.90 Å². The molecule has 0 aliphatic carbocycles. The zero-order valence-electron chi connectivity index (χ0n) is 8.26. The van der Waals surface area contributed by atoms with Crippen LogP contribution in [0, 0.1) is 0 Å². The predicted octanol–water partition coefficient (Wildman–Crippen LogP) is -0.723. The van der Waals surface area contributed by atoms with Crippen LogP contribution < -0.4 is 0 Å². The molecular formula is C9H17NO4. The van der Waals surface area contributed by atoms with Gasteiger partial charge in [-0.05, 0) is 26.3 Å². The van der Waals surface area contributed by atoms with Crippen LogP contribution in [0.25, 0.3) is 0 Å². The number of piperidine rings is 1. The van der Waals surface area contributed by atoms with Gasteiger partial charge in [0, 0.05) is 12.6 Å². The van der Waals surface area contributed by atoms with Crippen LogP contribution in [0.15, 0.2) is 0 Å². The normalized spacial score (nSPS) is 31.4. The number of β-amino-alcohol motifs (C(OH)–C–C–N with tert-alkyl or cyclic N) is 1. The molecule has 0 aromatic heterocycles. The lowest BCUT2D eigenvalue weighted by atomic mass is 10.00. The van der Waals surface area contributed by atoms with E-state index in [2.05, 4.69) is 0 Å². The third kappa shape index (κ3) is 2.67. The molecule has 5 heteroatoms. The molecule has 1 fully saturated rings. The van der Waals surface area contributed by atoms with Crippen molar-refractivity contribution in [3.05, 3.63) is 0 Å². The topological polar surface area (TPSA) is 81.0 Å². The van der Waals surface area contributed by atoms with Crippen LogP contribution in [0.1, 0.15) is 19.8 Å². The Bertz CT molecular complexity index is 209. The van der Waals surface area contributed by atoms with Gasteiger partial charge in [0.15, 0.2) is 6.10 Å². The largest absolute Gasteiger partial charge is 0.479 e. The first-order valence-electron chi connectivity index (χ1n) is 4.85. The number of hydrogen-bond acceptors (Lipinski definition) is 4. The second kappa shape index (κ2) is 4.72. The molecule has 14 heavy (non-hydrogen) atoms. The van der Waals surface area contributed by atoms with E-state index in [1.54, 1.807) is 0 Å². The van der Waals surface area contributed by atoms with Gasteiger partial charge in [0.2, 0.25) is 0 Å². The highest BCUT2D eigenvalue weighted by molar-refractivity contribution is 5.72. The lowest BCUT2D eigenvalue weighted by molar-refractivity contribution is -0.148. The first-order chi connectivity index (χ1) is 6.52. The summed E-state index contributed by atoms with van der Waals surface area (Å²) in [4.78, 5) is 12.2. The smallest absolute Gasteiger partial charge is 0.333 e. The summed E-state index contributed by atoms with van der Waals surface area (Å²) in [7, 11) is 0. The van der Waals surface area contributed by atoms with Crippen LogP contribution in [0.3, 0.4) is 0 Å². The van der Waals surface area contributed by atoms with Crippen LogP contribution >= 0.6 is 0 Å². The number of aliphatic carboxylic acids is 1. The van der Waals surface area contributed by atoms with Gasteiger partial charge >= 0.3 is 5.97 Å². The number of aliphatic hydroxyl groups excluding tert-OH is 2. The molecule has 1 rings (SSSR count). The van der Waals surface area contributed by atoms with E-state index in [-0.39, 0.29) is 12.6 Å². The average Bonchev–Trinajstić information content (AvgIpc) is 2.12. The van der Waals surface area contributed by atoms with Crippen LogP contribution in [-0.4, -0.2) is 57.5 Å². The molecule has 0 spiro atoms. The van der Waals surface area contributed by atoms with E-state index < -0.39 is 18.2 Å². The molecule has 3 unspecified atom stereocenters. The van der Waals surface area contributed by atoms with Crippen LogP contribution in [0.5, 0.6) is 0 Å². The Labute approximate surface area is 83.0 Å². The van der Waals surface area contributed by atoms with Crippen molar-refractivity contribution in [2.24, 2.45) is 0 Å². The second-order valence-electron chi connectivity index (χ2n) is 3.80. The second-order valence-corrected chi connectivity index (χ2v) is 3.80. The maximum absolute atomic E-state index is 10.4. The number of rotatable bonds is 3. The summed E-state index contributed by atoms with van der Waals surface area (Å²) in [5.74, 6) is -1.21. The molecule has 0 aromatic rings. The van der Waals surface area contributed by atoms with E-state index in [1.807, 2.05) is 11.8 Å². The lowest BCUT2D eigenvalue weighted by Crippen LogP contribution is -2.50. The fourth-order valence-corrected chi connectivity index (χ4v) is 1.75. The maximum Gasteiger partial charge on any atom is 0.333 e. The molecule has 1 aliphatic heterocycles. The summed E-state index contributed by atoms with van der Waals surface area (Å²) in [5, 5.41) is 27.2. The van der Waals surface area contributed by atoms with Gasteiger partial charge in [0.1, 0.15) is 0 Å². The number of carbonyl (C=O) groups is 1. The van der Waals surface area contributed by atoms with Crippen LogP contribution in [0.4, 0.5) is 0 Å². The summed E-state index contributed by atoms with van der Waals surface area (Å²) < 4.78 is 0. The van der Waals surface area contributed by atoms with Gasteiger partial charge in [0.05, 0.1) is 6.10 Å². The van der Waals surface area contributed by atoms with Crippen molar-refractivity contribution in [1.82, 2.24) is 4.90 Å². The van der Waals surface area contributed by atoms with Crippen molar-refractivity contribution in [2.45, 2.75) is 38.0 Å². The van der Waals surface area contributed by atoms with Crippen molar-refractivity contribution in [2.75, 3.05) is 13.1 Å². The molecule has 82 valence electrons. The van der Waals surface area contributed by atoms with Crippen molar-refractivity contribution in [3.63, 3.8) is 0 Å². The SMILES string of the molecule is CC1C(O)CCCN1CC(O)C(=O)O. The quantitative estimate of drug-likeness (QED) is 0.564. The first-order valence-corrected chi connectivity index (χ1v) is 4.85. The van der Waals surface area contributed by atoms with Gasteiger partial charge in [-0.25, -0.2) is 4.79 Å². The predicted molar refractivity (Wildman–Crippen MR) is 49.9 cm³/mol. The number of nitrogens with zero attached hydrogens (tertiary/aromatic N) is 1. The molecule has 5 nitrogen and oxygen atoms in total. The van der Waals surface area contributed by atoms with Gasteiger partial charge in [-0.15, -0.1) is 0 Å². The van der Waals surface area contributed by atoms with E-state index in [9.17, 15) is 9.90 Å². The number of carboxylic acid groups (broad SMARTS) is 1. The summed E-state index contributed by atoms with van der Waals surface area (Å²) in [6, 6.07) is -0.0715. The Hall–Kier alpha value is -0.650. The maximum atomic E-state index is 10.4. The van der Waals surface area contributed by atoms with Crippen molar-refractivity contribution >= 4 is 5.97 Å². The molecule has 1 aliphatic rings. The van der Waals surface area contributed by atoms with Gasteiger partial charge < -0.3 is 15.3 Å². The number of likely N-dealkylation sites (tertiary alicyclic amines) is 1. The Balaban J connectivity index is 2.46. The highest BCUT2D eigenvalue weighted by Gasteiger charge is 2.29. The summed E-state index contributed by atoms with van der Waals surface area (Å²) in [5.41, 5.74) is 0. The van der Waals surface area contributed by atoms with E-state index >= 15 is 0 Å². The Kier molecular flexibility index (Phi) is 3.86. The monoisotopic (exact) mass is 203 g/mol. The third-order valence-electron chi connectivity index (χ3n) is 2.77. The zero-order chi connectivity index (χ0) is 10.7. The number of aliphatic hydroxyl groups is 2. The minimum Gasteiger partial charge on any atom is -0.479 e. The van der Waals surface area contributed by atoms with E-state index in [4.69, 9.17) is 10.2 Å². The molecule has 1 heterocycles. The highest BCUT2D eigenvalue weighted by Crippen LogP contribution is 2.17. The average molecular weight is 203 g/mol. The number of hydrogen-bond donors (Lipinski definition) is 3. The van der Waals surface area contributed by atoms with E-state index in [0.29, 0.717) is 0 Å². The van der Waals surface area contributed by atoms with E-state index in [1.165, 1.54) is 0 Å². The molecule has 0 aromatic carbocycles. The Morgan fingerprint density at radius 3 is 2.86 bits per heavy atom. The summed E-state index contributed by atoms with van der Waals surface area (Å²) in [6.07, 6.45) is -0.175. The van der Waals surface area contributed by atoms with Crippen molar-refractivity contribution in [3.8, 4) is 0 Å². The molecule has 0 saturated carbocycles. The van der Waals surface area contributed by atoms with Crippen molar-refractivity contribution in [1.29, 1.82) is 0 Å². The van der Waals surface area contributed by atoms with Crippen LogP contribution in [-0.2, 0) is 4.79 Å². The van der Waals surface area contributed by atoms with Crippen molar-refractivity contribution < 1.29 is 20.1 Å². The standard InChI is InChI=1S/C9H17NO4/c1-6-7(11)3-2-4-10(6)5-8(12)9(13)14/h6-8,11-12H,2-5H2,1H3,(H,13,14). The molecule has 3 atom stereocenters. The molecular weight excluding hydrogens is 186 g/mol. The fourth-order valence-electron chi connectivity index (χ4n) is 1.75. The lowest BCUT2D eigenvalue weighted by Gasteiger charge is -2.37. The Morgan fingerprint density at radius 2 is 2.29 bits per heavy atom. The molecule has 1 saturated heterocycles. The minimum atomic E-state index is -1.36. The Morgan fingerprint density at radius 1 is 1.64 bits per heavy atom.